The van der Waals surface area contributed by atoms with Crippen LogP contribution >= 0.6 is 0 Å². The standard InChI is InChI=1S/C28H44N2O9S/c1-25(2,3)38-23(33)29(24(34)39-26(4,5)6)19(22(32)37-9)12-10-11-13-21(31)30-20-16-18-14-15-28(20,27(18,7)8)17-40(30,35)36/h11,13,18-20H,10,12,14-17H2,1-9H3/b13-11+/t18-,19+,20+,28-/m1/s1. The maximum absolute atomic E-state index is 13.2. The van der Waals surface area contributed by atoms with Crippen LogP contribution in [0.4, 0.5) is 9.59 Å². The SMILES string of the molecule is COC(=O)[C@H](CC/C=C/C(=O)N1[C@H]2C[C@H]3CC[C@]2(CS1(=O)=O)C3(C)C)N(C(=O)OC(C)(C)C)C(=O)OC(C)(C)C. The highest BCUT2D eigenvalue weighted by atomic mass is 32.2. The van der Waals surface area contributed by atoms with Gasteiger partial charge >= 0.3 is 18.2 Å². The number of carbonyl (C=O) groups is 4. The molecule has 40 heavy (non-hydrogen) atoms. The second-order valence-corrected chi connectivity index (χ2v) is 15.5. The number of hydrogen-bond acceptors (Lipinski definition) is 9. The maximum atomic E-state index is 13.2. The Balaban J connectivity index is 1.78. The Morgan fingerprint density at radius 3 is 2.05 bits per heavy atom. The molecule has 0 aromatic carbocycles. The molecule has 4 atom stereocenters. The smallest absolute Gasteiger partial charge is 0.420 e. The molecule has 1 spiro atoms. The first-order chi connectivity index (χ1) is 18.2. The van der Waals surface area contributed by atoms with Crippen LogP contribution < -0.4 is 0 Å². The number of allylic oxidation sites excluding steroid dienone is 1. The number of rotatable bonds is 6. The third kappa shape index (κ3) is 6.01. The summed E-state index contributed by atoms with van der Waals surface area (Å²) in [6, 6.07) is -1.76. The zero-order valence-electron chi connectivity index (χ0n) is 25.1. The van der Waals surface area contributed by atoms with Crippen molar-refractivity contribution in [1.29, 1.82) is 0 Å². The number of fused-ring (bicyclic) bond motifs is 1. The maximum Gasteiger partial charge on any atom is 0.420 e. The van der Waals surface area contributed by atoms with Crippen molar-refractivity contribution in [2.24, 2.45) is 16.7 Å². The summed E-state index contributed by atoms with van der Waals surface area (Å²) in [6.07, 6.45) is 2.85. The largest absolute Gasteiger partial charge is 0.467 e. The van der Waals surface area contributed by atoms with Crippen LogP contribution in [0, 0.1) is 16.7 Å². The molecule has 11 nitrogen and oxygen atoms in total. The Kier molecular flexibility index (Phi) is 8.49. The molecule has 2 aliphatic carbocycles. The summed E-state index contributed by atoms with van der Waals surface area (Å²) in [5.41, 5.74) is -2.52. The van der Waals surface area contributed by atoms with Gasteiger partial charge in [-0.3, -0.25) is 4.79 Å². The Hall–Kier alpha value is -2.63. The van der Waals surface area contributed by atoms with E-state index in [9.17, 15) is 27.6 Å². The Morgan fingerprint density at radius 1 is 1.02 bits per heavy atom. The molecule has 3 fully saturated rings. The van der Waals surface area contributed by atoms with E-state index in [0.29, 0.717) is 17.2 Å². The van der Waals surface area contributed by atoms with Gasteiger partial charge in [0.15, 0.2) is 0 Å². The van der Waals surface area contributed by atoms with Gasteiger partial charge in [0, 0.05) is 11.5 Å². The fraction of sp³-hybridized carbons (Fsp3) is 0.786. The molecule has 3 rings (SSSR count). The van der Waals surface area contributed by atoms with Gasteiger partial charge in [0.1, 0.15) is 17.2 Å². The lowest BCUT2D eigenvalue weighted by atomic mass is 9.69. The molecule has 0 aromatic heterocycles. The molecule has 1 saturated heterocycles. The van der Waals surface area contributed by atoms with Gasteiger partial charge in [-0.1, -0.05) is 19.9 Å². The van der Waals surface area contributed by atoms with Crippen molar-refractivity contribution in [3.8, 4) is 0 Å². The van der Waals surface area contributed by atoms with Gasteiger partial charge in [-0.15, -0.1) is 0 Å². The van der Waals surface area contributed by atoms with Gasteiger partial charge in [0.25, 0.3) is 5.91 Å². The highest BCUT2D eigenvalue weighted by molar-refractivity contribution is 7.90. The number of methoxy groups -OCH3 is 1. The van der Waals surface area contributed by atoms with Crippen LogP contribution in [0.25, 0.3) is 0 Å². The highest BCUT2D eigenvalue weighted by Gasteiger charge is 2.72. The molecule has 2 saturated carbocycles. The zero-order chi connectivity index (χ0) is 30.5. The fourth-order valence-corrected chi connectivity index (χ4v) is 9.04. The number of amides is 3. The van der Waals surface area contributed by atoms with Crippen LogP contribution in [0.5, 0.6) is 0 Å². The summed E-state index contributed by atoms with van der Waals surface area (Å²) in [5, 5.41) is 0. The summed E-state index contributed by atoms with van der Waals surface area (Å²) in [7, 11) is -2.65. The van der Waals surface area contributed by atoms with Gasteiger partial charge < -0.3 is 14.2 Å². The zero-order valence-corrected chi connectivity index (χ0v) is 25.9. The number of carbonyl (C=O) groups excluding carboxylic acids is 4. The van der Waals surface area contributed by atoms with E-state index in [2.05, 4.69) is 13.8 Å². The Morgan fingerprint density at radius 2 is 1.57 bits per heavy atom. The van der Waals surface area contributed by atoms with Gasteiger partial charge in [-0.05, 0) is 85.0 Å². The van der Waals surface area contributed by atoms with Crippen molar-refractivity contribution in [3.05, 3.63) is 12.2 Å². The van der Waals surface area contributed by atoms with Crippen molar-refractivity contribution < 1.29 is 41.8 Å². The Bertz CT molecular complexity index is 1150. The summed E-state index contributed by atoms with van der Waals surface area (Å²) >= 11 is 0. The highest BCUT2D eigenvalue weighted by Crippen LogP contribution is 2.69. The minimum atomic E-state index is -3.77. The van der Waals surface area contributed by atoms with E-state index in [1.807, 2.05) is 0 Å². The lowest BCUT2D eigenvalue weighted by Gasteiger charge is -2.36. The second kappa shape index (κ2) is 10.6. The molecular weight excluding hydrogens is 540 g/mol. The number of sulfonamides is 1. The molecule has 0 aromatic rings. The van der Waals surface area contributed by atoms with E-state index in [0.717, 1.165) is 24.3 Å². The van der Waals surface area contributed by atoms with Crippen molar-refractivity contribution in [1.82, 2.24) is 9.21 Å². The van der Waals surface area contributed by atoms with Crippen LogP contribution in [-0.2, 0) is 33.8 Å². The van der Waals surface area contributed by atoms with E-state index in [1.54, 1.807) is 41.5 Å². The topological polar surface area (TPSA) is 137 Å². The van der Waals surface area contributed by atoms with Gasteiger partial charge in [0.05, 0.1) is 18.9 Å². The molecule has 226 valence electrons. The summed E-state index contributed by atoms with van der Waals surface area (Å²) in [4.78, 5) is 52.5. The molecule has 0 unspecified atom stereocenters. The van der Waals surface area contributed by atoms with Crippen molar-refractivity contribution in [2.75, 3.05) is 12.9 Å². The molecule has 2 bridgehead atoms. The van der Waals surface area contributed by atoms with E-state index in [4.69, 9.17) is 14.2 Å². The minimum absolute atomic E-state index is 0.0289. The fourth-order valence-electron chi connectivity index (χ4n) is 6.53. The lowest BCUT2D eigenvalue weighted by Crippen LogP contribution is -2.52. The van der Waals surface area contributed by atoms with E-state index in [1.165, 1.54) is 12.2 Å². The van der Waals surface area contributed by atoms with E-state index < -0.39 is 56.7 Å². The average molecular weight is 585 g/mol. The summed E-state index contributed by atoms with van der Waals surface area (Å²) in [5.74, 6) is -1.15. The first-order valence-corrected chi connectivity index (χ1v) is 15.3. The lowest BCUT2D eigenvalue weighted by molar-refractivity contribution is -0.146. The van der Waals surface area contributed by atoms with Crippen LogP contribution in [0.15, 0.2) is 12.2 Å². The number of esters is 1. The molecule has 1 aliphatic heterocycles. The predicted molar refractivity (Wildman–Crippen MR) is 146 cm³/mol. The number of hydrogen-bond donors (Lipinski definition) is 0. The second-order valence-electron chi connectivity index (χ2n) is 13.6. The van der Waals surface area contributed by atoms with Gasteiger partial charge in [-0.2, -0.15) is 4.90 Å². The van der Waals surface area contributed by atoms with Crippen molar-refractivity contribution in [2.45, 2.75) is 111 Å². The molecule has 12 heteroatoms. The molecule has 0 radical (unpaired) electrons. The first-order valence-electron chi connectivity index (χ1n) is 13.7. The quantitative estimate of drug-likeness (QED) is 0.253. The van der Waals surface area contributed by atoms with Crippen LogP contribution in [-0.4, -0.2) is 77.8 Å². The number of nitrogens with zero attached hydrogens (tertiary/aromatic N) is 2. The first kappa shape index (κ1) is 31.9. The third-order valence-electron chi connectivity index (χ3n) is 8.46. The summed E-state index contributed by atoms with van der Waals surface area (Å²) in [6.45, 7) is 13.9. The average Bonchev–Trinajstić information content (AvgIpc) is 3.25. The molecule has 3 amide bonds. The van der Waals surface area contributed by atoms with Gasteiger partial charge in [-0.25, -0.2) is 27.1 Å². The third-order valence-corrected chi connectivity index (χ3v) is 10.4. The molecule has 0 N–H and O–H groups in total. The van der Waals surface area contributed by atoms with Gasteiger partial charge in [0.2, 0.25) is 10.0 Å². The van der Waals surface area contributed by atoms with Crippen LogP contribution in [0.1, 0.15) is 87.5 Å². The Labute approximate surface area is 237 Å². The molecular formula is C28H44N2O9S. The van der Waals surface area contributed by atoms with E-state index >= 15 is 0 Å². The normalized spacial score (nSPS) is 27.3. The molecule has 1 heterocycles. The predicted octanol–water partition coefficient (Wildman–Crippen LogP) is 4.40. The minimum Gasteiger partial charge on any atom is -0.467 e. The van der Waals surface area contributed by atoms with Crippen LogP contribution in [0.3, 0.4) is 0 Å². The number of ether oxygens (including phenoxy) is 3. The van der Waals surface area contributed by atoms with Crippen molar-refractivity contribution >= 4 is 34.1 Å². The summed E-state index contributed by atoms with van der Waals surface area (Å²) < 4.78 is 42.9. The monoisotopic (exact) mass is 584 g/mol. The number of imide groups is 1. The van der Waals surface area contributed by atoms with Crippen LogP contribution in [0.2, 0.25) is 0 Å². The van der Waals surface area contributed by atoms with Crippen molar-refractivity contribution in [3.63, 3.8) is 0 Å². The van der Waals surface area contributed by atoms with E-state index in [-0.39, 0.29) is 30.1 Å². The molecule has 3 aliphatic rings.